The number of nitrogens with zero attached hydrogens (tertiary/aromatic N) is 2. The summed E-state index contributed by atoms with van der Waals surface area (Å²) in [5.74, 6) is 0.661. The largest absolute Gasteiger partial charge is 0.394 e. The van der Waals surface area contributed by atoms with Crippen LogP contribution in [0, 0.1) is 5.92 Å². The van der Waals surface area contributed by atoms with Crippen LogP contribution in [-0.2, 0) is 0 Å². The normalized spacial score (nSPS) is 18.8. The molecular formula is C16H35N3O. The van der Waals surface area contributed by atoms with Gasteiger partial charge >= 0.3 is 0 Å². The first-order valence-corrected chi connectivity index (χ1v) is 8.40. The molecule has 1 rings (SSSR count). The minimum absolute atomic E-state index is 0.0782. The molecule has 2 N–H and O–H groups in total. The molecule has 1 fully saturated rings. The van der Waals surface area contributed by atoms with E-state index in [0.29, 0.717) is 5.92 Å². The topological polar surface area (TPSA) is 38.7 Å². The molecule has 1 unspecified atom stereocenters. The quantitative estimate of drug-likeness (QED) is 0.568. The lowest BCUT2D eigenvalue weighted by Gasteiger charge is -2.37. The Labute approximate surface area is 125 Å². The summed E-state index contributed by atoms with van der Waals surface area (Å²) in [4.78, 5) is 4.97. The van der Waals surface area contributed by atoms with Gasteiger partial charge in [-0.3, -0.25) is 0 Å². The van der Waals surface area contributed by atoms with Crippen molar-refractivity contribution in [1.82, 2.24) is 15.1 Å². The summed E-state index contributed by atoms with van der Waals surface area (Å²) in [5.41, 5.74) is -0.0782. The molecule has 1 saturated carbocycles. The van der Waals surface area contributed by atoms with Crippen LogP contribution in [0.1, 0.15) is 40.0 Å². The molecule has 120 valence electrons. The van der Waals surface area contributed by atoms with Crippen LogP contribution in [0.25, 0.3) is 0 Å². The van der Waals surface area contributed by atoms with Crippen LogP contribution in [0.15, 0.2) is 0 Å². The van der Waals surface area contributed by atoms with E-state index in [-0.39, 0.29) is 12.1 Å². The second-order valence-electron chi connectivity index (χ2n) is 6.09. The molecule has 0 heterocycles. The van der Waals surface area contributed by atoms with Crippen molar-refractivity contribution in [2.45, 2.75) is 45.6 Å². The van der Waals surface area contributed by atoms with Crippen LogP contribution >= 0.6 is 0 Å². The zero-order valence-corrected chi connectivity index (χ0v) is 14.0. The highest BCUT2D eigenvalue weighted by molar-refractivity contribution is 5.02. The Hall–Kier alpha value is -0.160. The molecule has 0 bridgehead atoms. The van der Waals surface area contributed by atoms with Gasteiger partial charge < -0.3 is 20.2 Å². The van der Waals surface area contributed by atoms with Gasteiger partial charge in [-0.15, -0.1) is 0 Å². The van der Waals surface area contributed by atoms with E-state index in [9.17, 15) is 5.11 Å². The Kier molecular flexibility index (Phi) is 8.03. The molecule has 0 spiro atoms. The molecule has 1 aliphatic rings. The minimum Gasteiger partial charge on any atom is -0.394 e. The maximum absolute atomic E-state index is 9.82. The molecule has 4 heteroatoms. The average molecular weight is 285 g/mol. The highest BCUT2D eigenvalue weighted by Gasteiger charge is 2.44. The molecule has 4 nitrogen and oxygen atoms in total. The van der Waals surface area contributed by atoms with Gasteiger partial charge in [0.1, 0.15) is 0 Å². The van der Waals surface area contributed by atoms with Crippen molar-refractivity contribution in [3.05, 3.63) is 0 Å². The summed E-state index contributed by atoms with van der Waals surface area (Å²) in [7, 11) is 2.00. The molecule has 20 heavy (non-hydrogen) atoms. The molecule has 1 aliphatic carbocycles. The van der Waals surface area contributed by atoms with Crippen molar-refractivity contribution in [3.8, 4) is 0 Å². The highest BCUT2D eigenvalue weighted by Crippen LogP contribution is 2.39. The van der Waals surface area contributed by atoms with Crippen LogP contribution in [0.3, 0.4) is 0 Å². The lowest BCUT2D eigenvalue weighted by atomic mass is 9.93. The van der Waals surface area contributed by atoms with Gasteiger partial charge in [0, 0.05) is 6.54 Å². The van der Waals surface area contributed by atoms with E-state index < -0.39 is 0 Å². The second-order valence-corrected chi connectivity index (χ2v) is 6.09. The van der Waals surface area contributed by atoms with Crippen LogP contribution in [-0.4, -0.2) is 73.4 Å². The number of likely N-dealkylation sites (N-methyl/N-ethyl adjacent to an activating group) is 2. The monoisotopic (exact) mass is 285 g/mol. The van der Waals surface area contributed by atoms with Crippen LogP contribution in [0.5, 0.6) is 0 Å². The summed E-state index contributed by atoms with van der Waals surface area (Å²) in [6, 6.07) is 0. The van der Waals surface area contributed by atoms with Gasteiger partial charge in [-0.2, -0.15) is 0 Å². The number of rotatable bonds is 12. The Morgan fingerprint density at radius 2 is 1.60 bits per heavy atom. The van der Waals surface area contributed by atoms with Crippen molar-refractivity contribution < 1.29 is 5.11 Å². The van der Waals surface area contributed by atoms with E-state index >= 15 is 0 Å². The van der Waals surface area contributed by atoms with Crippen molar-refractivity contribution in [2.75, 3.05) is 52.9 Å². The third kappa shape index (κ3) is 4.99. The predicted octanol–water partition coefficient (Wildman–Crippen LogP) is 1.40. The van der Waals surface area contributed by atoms with Crippen molar-refractivity contribution in [1.29, 1.82) is 0 Å². The van der Waals surface area contributed by atoms with Gasteiger partial charge in [-0.05, 0) is 65.0 Å². The van der Waals surface area contributed by atoms with Gasteiger partial charge in [0.05, 0.1) is 12.1 Å². The van der Waals surface area contributed by atoms with E-state index in [0.717, 1.165) is 32.7 Å². The number of hydrogen-bond acceptors (Lipinski definition) is 4. The second kappa shape index (κ2) is 8.98. The SMILES string of the molecule is CCN(CC)CCCN(CC)CC(CO)(NC)C1CC1. The van der Waals surface area contributed by atoms with Crippen molar-refractivity contribution >= 4 is 0 Å². The van der Waals surface area contributed by atoms with Gasteiger partial charge in [0.15, 0.2) is 0 Å². The fraction of sp³-hybridized carbons (Fsp3) is 1.00. The third-order valence-electron chi connectivity index (χ3n) is 4.93. The molecule has 0 saturated heterocycles. The molecule has 0 amide bonds. The molecular weight excluding hydrogens is 250 g/mol. The zero-order chi connectivity index (χ0) is 15.0. The molecule has 0 radical (unpaired) electrons. The van der Waals surface area contributed by atoms with Gasteiger partial charge in [0.2, 0.25) is 0 Å². The van der Waals surface area contributed by atoms with Crippen LogP contribution in [0.2, 0.25) is 0 Å². The summed E-state index contributed by atoms with van der Waals surface area (Å²) < 4.78 is 0. The Balaban J connectivity index is 2.41. The highest BCUT2D eigenvalue weighted by atomic mass is 16.3. The number of hydrogen-bond donors (Lipinski definition) is 2. The van der Waals surface area contributed by atoms with Crippen LogP contribution < -0.4 is 5.32 Å². The fourth-order valence-electron chi connectivity index (χ4n) is 3.11. The fourth-order valence-corrected chi connectivity index (χ4v) is 3.11. The Morgan fingerprint density at radius 1 is 1.05 bits per heavy atom. The first kappa shape index (κ1) is 17.9. The molecule has 0 aromatic carbocycles. The predicted molar refractivity (Wildman–Crippen MR) is 86.1 cm³/mol. The summed E-state index contributed by atoms with van der Waals surface area (Å²) >= 11 is 0. The van der Waals surface area contributed by atoms with E-state index in [2.05, 4.69) is 35.9 Å². The first-order chi connectivity index (χ1) is 9.65. The minimum atomic E-state index is -0.0782. The molecule has 0 aromatic heterocycles. The van der Waals surface area contributed by atoms with E-state index in [1.54, 1.807) is 0 Å². The standard InChI is InChI=1S/C16H35N3O/c1-5-18(6-2)11-8-12-19(7-3)13-16(14-20,17-4)15-9-10-15/h15,17,20H,5-14H2,1-4H3. The number of nitrogens with one attached hydrogen (secondary N) is 1. The van der Waals surface area contributed by atoms with E-state index in [4.69, 9.17) is 0 Å². The average Bonchev–Trinajstić information content (AvgIpc) is 3.32. The van der Waals surface area contributed by atoms with E-state index in [1.165, 1.54) is 25.8 Å². The summed E-state index contributed by atoms with van der Waals surface area (Å²) in [6.45, 7) is 13.6. The summed E-state index contributed by atoms with van der Waals surface area (Å²) in [6.07, 6.45) is 3.74. The third-order valence-corrected chi connectivity index (χ3v) is 4.93. The maximum atomic E-state index is 9.82. The smallest absolute Gasteiger partial charge is 0.0628 e. The van der Waals surface area contributed by atoms with Crippen molar-refractivity contribution in [3.63, 3.8) is 0 Å². The molecule has 1 atom stereocenters. The number of aliphatic hydroxyl groups excluding tert-OH is 1. The Bertz CT molecular complexity index is 248. The lowest BCUT2D eigenvalue weighted by molar-refractivity contribution is 0.0966. The van der Waals surface area contributed by atoms with Crippen LogP contribution in [0.4, 0.5) is 0 Å². The Morgan fingerprint density at radius 3 is 2.00 bits per heavy atom. The number of aliphatic hydroxyl groups is 1. The lowest BCUT2D eigenvalue weighted by Crippen LogP contribution is -2.56. The van der Waals surface area contributed by atoms with Gasteiger partial charge in [-0.1, -0.05) is 20.8 Å². The first-order valence-electron chi connectivity index (χ1n) is 8.40. The molecule has 0 aliphatic heterocycles. The van der Waals surface area contributed by atoms with Gasteiger partial charge in [0.25, 0.3) is 0 Å². The maximum Gasteiger partial charge on any atom is 0.0628 e. The van der Waals surface area contributed by atoms with E-state index in [1.807, 2.05) is 7.05 Å². The van der Waals surface area contributed by atoms with Crippen molar-refractivity contribution in [2.24, 2.45) is 5.92 Å². The van der Waals surface area contributed by atoms with Gasteiger partial charge in [-0.25, -0.2) is 0 Å². The summed E-state index contributed by atoms with van der Waals surface area (Å²) in [5, 5.41) is 13.2. The molecule has 0 aromatic rings. The zero-order valence-electron chi connectivity index (χ0n) is 14.0.